The number of quaternary nitrogens is 1. The molecule has 1 aromatic rings. The first-order chi connectivity index (χ1) is 11.8. The van der Waals surface area contributed by atoms with Gasteiger partial charge in [0.1, 0.15) is 4.90 Å². The van der Waals surface area contributed by atoms with Crippen molar-refractivity contribution >= 4 is 39.1 Å². The number of piperazine rings is 1. The van der Waals surface area contributed by atoms with Crippen molar-refractivity contribution in [2.45, 2.75) is 36.7 Å². The number of sulfonamides is 1. The van der Waals surface area contributed by atoms with Crippen molar-refractivity contribution in [3.8, 4) is 0 Å². The smallest absolute Gasteiger partial charge is 0.278 e. The van der Waals surface area contributed by atoms with E-state index in [0.29, 0.717) is 37.2 Å². The highest BCUT2D eigenvalue weighted by Gasteiger charge is 2.36. The summed E-state index contributed by atoms with van der Waals surface area (Å²) < 4.78 is 27.1. The summed E-state index contributed by atoms with van der Waals surface area (Å²) in [5.74, 6) is 0.0479. The SMILES string of the molecule is C[C@@H](C(=O)NC1CC1)[NH+]1CCN(S(=O)(=O)c2cc(Cl)ccc2Cl)CC1. The maximum atomic E-state index is 12.8. The number of amides is 1. The molecule has 1 aromatic carbocycles. The number of nitrogens with one attached hydrogen (secondary N) is 2. The second-order valence-electron chi connectivity index (χ2n) is 6.64. The van der Waals surface area contributed by atoms with Crippen LogP contribution in [0.4, 0.5) is 0 Å². The maximum Gasteiger partial charge on any atom is 0.278 e. The molecule has 2 aliphatic rings. The average molecular weight is 407 g/mol. The number of benzene rings is 1. The number of carbonyl (C=O) groups excluding carboxylic acids is 1. The van der Waals surface area contributed by atoms with E-state index in [1.165, 1.54) is 16.4 Å². The second kappa shape index (κ2) is 7.40. The highest BCUT2D eigenvalue weighted by Crippen LogP contribution is 2.27. The third-order valence-electron chi connectivity index (χ3n) is 4.81. The number of hydrogen-bond acceptors (Lipinski definition) is 3. The van der Waals surface area contributed by atoms with Crippen LogP contribution in [0.15, 0.2) is 23.1 Å². The molecule has 1 aliphatic carbocycles. The Balaban J connectivity index is 1.64. The molecule has 1 saturated carbocycles. The Kier molecular flexibility index (Phi) is 5.60. The van der Waals surface area contributed by atoms with Crippen molar-refractivity contribution < 1.29 is 18.1 Å². The predicted molar refractivity (Wildman–Crippen MR) is 96.5 cm³/mol. The van der Waals surface area contributed by atoms with E-state index >= 15 is 0 Å². The molecule has 0 bridgehead atoms. The van der Waals surface area contributed by atoms with Gasteiger partial charge in [-0.3, -0.25) is 4.79 Å². The fraction of sp³-hybridized carbons (Fsp3) is 0.562. The third-order valence-corrected chi connectivity index (χ3v) is 7.42. The summed E-state index contributed by atoms with van der Waals surface area (Å²) in [7, 11) is -3.69. The Labute approximate surface area is 158 Å². The number of hydrogen-bond donors (Lipinski definition) is 2. The van der Waals surface area contributed by atoms with Crippen LogP contribution in [-0.4, -0.2) is 56.9 Å². The van der Waals surface area contributed by atoms with Gasteiger partial charge in [0.15, 0.2) is 6.04 Å². The van der Waals surface area contributed by atoms with Crippen molar-refractivity contribution in [1.82, 2.24) is 9.62 Å². The molecule has 6 nitrogen and oxygen atoms in total. The summed E-state index contributed by atoms with van der Waals surface area (Å²) in [4.78, 5) is 13.3. The van der Waals surface area contributed by atoms with Gasteiger partial charge in [0.05, 0.1) is 31.2 Å². The Morgan fingerprint density at radius 3 is 2.52 bits per heavy atom. The second-order valence-corrected chi connectivity index (χ2v) is 9.39. The molecule has 1 aliphatic heterocycles. The lowest BCUT2D eigenvalue weighted by Gasteiger charge is -2.34. The molecule has 0 radical (unpaired) electrons. The number of halogens is 2. The summed E-state index contributed by atoms with van der Waals surface area (Å²) in [6.45, 7) is 3.75. The predicted octanol–water partition coefficient (Wildman–Crippen LogP) is 0.550. The zero-order valence-electron chi connectivity index (χ0n) is 14.0. The van der Waals surface area contributed by atoms with E-state index in [1.54, 1.807) is 6.07 Å². The highest BCUT2D eigenvalue weighted by atomic mass is 35.5. The third kappa shape index (κ3) is 4.28. The van der Waals surface area contributed by atoms with Crippen molar-refractivity contribution in [3.05, 3.63) is 28.2 Å². The van der Waals surface area contributed by atoms with Crippen LogP contribution in [0.25, 0.3) is 0 Å². The molecule has 1 saturated heterocycles. The monoisotopic (exact) mass is 406 g/mol. The van der Waals surface area contributed by atoms with Crippen LogP contribution in [0.3, 0.4) is 0 Å². The lowest BCUT2D eigenvalue weighted by atomic mass is 10.2. The number of nitrogens with zero attached hydrogens (tertiary/aromatic N) is 1. The van der Waals surface area contributed by atoms with E-state index < -0.39 is 10.0 Å². The first-order valence-corrected chi connectivity index (χ1v) is 10.6. The number of carbonyl (C=O) groups is 1. The van der Waals surface area contributed by atoms with Crippen LogP contribution >= 0.6 is 23.2 Å². The number of rotatable bonds is 5. The van der Waals surface area contributed by atoms with E-state index in [9.17, 15) is 13.2 Å². The largest absolute Gasteiger partial charge is 0.348 e. The fourth-order valence-corrected chi connectivity index (χ4v) is 5.18. The maximum absolute atomic E-state index is 12.8. The molecule has 2 N–H and O–H groups in total. The molecule has 0 aromatic heterocycles. The molecule has 2 fully saturated rings. The molecule has 25 heavy (non-hydrogen) atoms. The molecule has 1 heterocycles. The summed E-state index contributed by atoms with van der Waals surface area (Å²) in [6.07, 6.45) is 2.11. The van der Waals surface area contributed by atoms with Crippen molar-refractivity contribution in [2.75, 3.05) is 26.2 Å². The van der Waals surface area contributed by atoms with E-state index in [4.69, 9.17) is 23.2 Å². The standard InChI is InChI=1S/C16H21Cl2N3O3S/c1-11(16(22)19-13-3-4-13)20-6-8-21(9-7-20)25(23,24)15-10-12(17)2-5-14(15)18/h2,5,10-11,13H,3-4,6-9H2,1H3,(H,19,22)/p+1/t11-/m0/s1. The topological polar surface area (TPSA) is 70.9 Å². The van der Waals surface area contributed by atoms with Crippen molar-refractivity contribution in [2.24, 2.45) is 0 Å². The van der Waals surface area contributed by atoms with Gasteiger partial charge in [-0.2, -0.15) is 4.31 Å². The lowest BCUT2D eigenvalue weighted by Crippen LogP contribution is -3.19. The van der Waals surface area contributed by atoms with Gasteiger partial charge >= 0.3 is 0 Å². The van der Waals surface area contributed by atoms with Crippen LogP contribution in [0.2, 0.25) is 10.0 Å². The van der Waals surface area contributed by atoms with Gasteiger partial charge in [-0.15, -0.1) is 0 Å². The quantitative estimate of drug-likeness (QED) is 0.749. The van der Waals surface area contributed by atoms with Gasteiger partial charge in [-0.05, 0) is 38.0 Å². The Morgan fingerprint density at radius 2 is 1.92 bits per heavy atom. The summed E-state index contributed by atoms with van der Waals surface area (Å²) in [5, 5.41) is 3.50. The zero-order valence-corrected chi connectivity index (χ0v) is 16.3. The summed E-state index contributed by atoms with van der Waals surface area (Å²) in [5.41, 5.74) is 0. The molecule has 3 rings (SSSR count). The van der Waals surface area contributed by atoms with Crippen LogP contribution in [-0.2, 0) is 14.8 Å². The minimum atomic E-state index is -3.69. The first kappa shape index (κ1) is 18.9. The zero-order chi connectivity index (χ0) is 18.2. The molecule has 9 heteroatoms. The molecule has 1 atom stereocenters. The summed E-state index contributed by atoms with van der Waals surface area (Å²) in [6, 6.07) is 4.58. The first-order valence-electron chi connectivity index (χ1n) is 8.39. The Bertz CT molecular complexity index is 760. The summed E-state index contributed by atoms with van der Waals surface area (Å²) >= 11 is 12.0. The van der Waals surface area contributed by atoms with Crippen LogP contribution in [0.1, 0.15) is 19.8 Å². The van der Waals surface area contributed by atoms with E-state index in [-0.39, 0.29) is 21.9 Å². The molecular formula is C16H22Cl2N3O3S+. The van der Waals surface area contributed by atoms with Gasteiger partial charge in [-0.25, -0.2) is 8.42 Å². The molecule has 138 valence electrons. The molecule has 0 unspecified atom stereocenters. The van der Waals surface area contributed by atoms with Gasteiger partial charge in [0.25, 0.3) is 5.91 Å². The van der Waals surface area contributed by atoms with Gasteiger partial charge in [0.2, 0.25) is 10.0 Å². The van der Waals surface area contributed by atoms with Crippen molar-refractivity contribution in [3.63, 3.8) is 0 Å². The lowest BCUT2D eigenvalue weighted by molar-refractivity contribution is -0.917. The van der Waals surface area contributed by atoms with Crippen LogP contribution in [0.5, 0.6) is 0 Å². The molecule has 1 amide bonds. The average Bonchev–Trinajstić information content (AvgIpc) is 3.40. The fourth-order valence-electron chi connectivity index (χ4n) is 3.00. The normalized spacial score (nSPS) is 21.1. The van der Waals surface area contributed by atoms with Gasteiger partial charge in [0, 0.05) is 11.1 Å². The minimum Gasteiger partial charge on any atom is -0.348 e. The van der Waals surface area contributed by atoms with Crippen LogP contribution < -0.4 is 10.2 Å². The Hall–Kier alpha value is -0.860. The highest BCUT2D eigenvalue weighted by molar-refractivity contribution is 7.89. The molecular weight excluding hydrogens is 385 g/mol. The molecule has 0 spiro atoms. The van der Waals surface area contributed by atoms with E-state index in [0.717, 1.165) is 17.7 Å². The minimum absolute atomic E-state index is 0.0321. The van der Waals surface area contributed by atoms with Crippen LogP contribution in [0, 0.1) is 0 Å². The Morgan fingerprint density at radius 1 is 1.28 bits per heavy atom. The van der Waals surface area contributed by atoms with E-state index in [1.807, 2.05) is 6.92 Å². The van der Waals surface area contributed by atoms with Gasteiger partial charge in [-0.1, -0.05) is 23.2 Å². The van der Waals surface area contributed by atoms with Gasteiger partial charge < -0.3 is 10.2 Å². The van der Waals surface area contributed by atoms with E-state index in [2.05, 4.69) is 5.32 Å². The van der Waals surface area contributed by atoms with Crippen molar-refractivity contribution in [1.29, 1.82) is 0 Å².